The van der Waals surface area contributed by atoms with E-state index in [1.807, 2.05) is 13.8 Å². The number of hydrogen-bond acceptors (Lipinski definition) is 2. The molecule has 1 aliphatic rings. The molecule has 1 aromatic carbocycles. The van der Waals surface area contributed by atoms with Crippen molar-refractivity contribution in [1.82, 2.24) is 0 Å². The third kappa shape index (κ3) is 3.06. The molecule has 0 radical (unpaired) electrons. The molecule has 0 amide bonds. The highest BCUT2D eigenvalue weighted by Gasteiger charge is 2.18. The van der Waals surface area contributed by atoms with E-state index < -0.39 is 0 Å². The molecule has 1 unspecified atom stereocenters. The Labute approximate surface area is 127 Å². The van der Waals surface area contributed by atoms with Crippen LogP contribution in [0.5, 0.6) is 0 Å². The largest absolute Gasteiger partial charge is 0.466 e. The van der Waals surface area contributed by atoms with Crippen LogP contribution in [0.2, 0.25) is 0 Å². The zero-order chi connectivity index (χ0) is 14.8. The molecule has 2 nitrogen and oxygen atoms in total. The van der Waals surface area contributed by atoms with Gasteiger partial charge < -0.3 is 10.2 Å². The number of nitrogens with two attached hydrogens (primary N) is 1. The molecule has 1 aromatic heterocycles. The monoisotopic (exact) mass is 283 g/mol. The minimum atomic E-state index is -0.0946. The fourth-order valence-electron chi connectivity index (χ4n) is 3.55. The molecule has 0 bridgehead atoms. The molecule has 3 rings (SSSR count). The fraction of sp³-hybridized carbons (Fsp3) is 0.474. The SMILES string of the molecule is Cc1cc(C(N)c2ccc(C3CCCCC3)cc2)c(C)o1. The molecule has 0 saturated heterocycles. The lowest BCUT2D eigenvalue weighted by molar-refractivity contribution is 0.443. The lowest BCUT2D eigenvalue weighted by Gasteiger charge is -2.22. The first-order chi connectivity index (χ1) is 10.1. The number of rotatable bonds is 3. The first-order valence-electron chi connectivity index (χ1n) is 8.07. The Morgan fingerprint density at radius 1 is 1.05 bits per heavy atom. The van der Waals surface area contributed by atoms with Crippen molar-refractivity contribution in [2.45, 2.75) is 57.9 Å². The Bertz CT molecular complexity index is 591. The van der Waals surface area contributed by atoms with E-state index in [9.17, 15) is 0 Å². The number of aryl methyl sites for hydroxylation is 2. The predicted molar refractivity (Wildman–Crippen MR) is 86.5 cm³/mol. The van der Waals surface area contributed by atoms with E-state index in [-0.39, 0.29) is 6.04 Å². The van der Waals surface area contributed by atoms with Crippen LogP contribution in [0, 0.1) is 13.8 Å². The summed E-state index contributed by atoms with van der Waals surface area (Å²) >= 11 is 0. The van der Waals surface area contributed by atoms with Crippen molar-refractivity contribution in [3.8, 4) is 0 Å². The Morgan fingerprint density at radius 2 is 1.71 bits per heavy atom. The van der Waals surface area contributed by atoms with Gasteiger partial charge in [0.15, 0.2) is 0 Å². The molecule has 1 saturated carbocycles. The van der Waals surface area contributed by atoms with Crippen molar-refractivity contribution < 1.29 is 4.42 Å². The second-order valence-corrected chi connectivity index (χ2v) is 6.35. The summed E-state index contributed by atoms with van der Waals surface area (Å²) < 4.78 is 5.60. The van der Waals surface area contributed by atoms with Crippen LogP contribution in [0.1, 0.15) is 72.3 Å². The molecule has 2 heteroatoms. The molecular formula is C19H25NO. The molecule has 0 spiro atoms. The van der Waals surface area contributed by atoms with Gasteiger partial charge in [-0.05, 0) is 49.8 Å². The first-order valence-corrected chi connectivity index (χ1v) is 8.07. The molecule has 1 aliphatic carbocycles. The smallest absolute Gasteiger partial charge is 0.106 e. The average molecular weight is 283 g/mol. The Morgan fingerprint density at radius 3 is 2.29 bits per heavy atom. The van der Waals surface area contributed by atoms with Gasteiger partial charge in [0.2, 0.25) is 0 Å². The normalized spacial score (nSPS) is 17.9. The van der Waals surface area contributed by atoms with Crippen LogP contribution in [-0.2, 0) is 0 Å². The van der Waals surface area contributed by atoms with Crippen LogP contribution in [-0.4, -0.2) is 0 Å². The van der Waals surface area contributed by atoms with Gasteiger partial charge in [0.1, 0.15) is 11.5 Å². The minimum Gasteiger partial charge on any atom is -0.466 e. The summed E-state index contributed by atoms with van der Waals surface area (Å²) in [6, 6.07) is 10.9. The summed E-state index contributed by atoms with van der Waals surface area (Å²) in [7, 11) is 0. The van der Waals surface area contributed by atoms with E-state index in [0.29, 0.717) is 0 Å². The fourth-order valence-corrected chi connectivity index (χ4v) is 3.55. The minimum absolute atomic E-state index is 0.0946. The molecule has 0 aliphatic heterocycles. The van der Waals surface area contributed by atoms with Crippen molar-refractivity contribution in [1.29, 1.82) is 0 Å². The van der Waals surface area contributed by atoms with Crippen LogP contribution in [0.4, 0.5) is 0 Å². The number of furan rings is 1. The molecular weight excluding hydrogens is 258 g/mol. The second-order valence-electron chi connectivity index (χ2n) is 6.35. The molecule has 1 atom stereocenters. The Hall–Kier alpha value is -1.54. The van der Waals surface area contributed by atoms with Crippen LogP contribution >= 0.6 is 0 Å². The standard InChI is InChI=1S/C19H25NO/c1-13-12-18(14(2)21-13)19(20)17-10-8-16(9-11-17)15-6-4-3-5-7-15/h8-12,15,19H,3-7,20H2,1-2H3. The first kappa shape index (κ1) is 14.4. The second kappa shape index (κ2) is 6.07. The number of benzene rings is 1. The van der Waals surface area contributed by atoms with Crippen LogP contribution < -0.4 is 5.73 Å². The van der Waals surface area contributed by atoms with Gasteiger partial charge in [-0.15, -0.1) is 0 Å². The van der Waals surface area contributed by atoms with Crippen molar-refractivity contribution in [2.24, 2.45) is 5.73 Å². The van der Waals surface area contributed by atoms with Crippen LogP contribution in [0.3, 0.4) is 0 Å². The molecule has 21 heavy (non-hydrogen) atoms. The van der Waals surface area contributed by atoms with E-state index in [2.05, 4.69) is 30.3 Å². The van der Waals surface area contributed by atoms with E-state index in [0.717, 1.165) is 23.0 Å². The summed E-state index contributed by atoms with van der Waals surface area (Å²) in [6.45, 7) is 3.95. The average Bonchev–Trinajstić information content (AvgIpc) is 2.86. The Balaban J connectivity index is 1.78. The quantitative estimate of drug-likeness (QED) is 0.861. The zero-order valence-electron chi connectivity index (χ0n) is 13.1. The molecule has 112 valence electrons. The van der Waals surface area contributed by atoms with Gasteiger partial charge in [-0.25, -0.2) is 0 Å². The van der Waals surface area contributed by atoms with Gasteiger partial charge in [-0.3, -0.25) is 0 Å². The van der Waals surface area contributed by atoms with E-state index in [1.165, 1.54) is 43.2 Å². The highest BCUT2D eigenvalue weighted by molar-refractivity contribution is 5.36. The number of hydrogen-bond donors (Lipinski definition) is 1. The third-order valence-electron chi connectivity index (χ3n) is 4.79. The summed E-state index contributed by atoms with van der Waals surface area (Å²) in [6.07, 6.45) is 6.83. The predicted octanol–water partition coefficient (Wildman–Crippen LogP) is 4.99. The van der Waals surface area contributed by atoms with Crippen LogP contribution in [0.25, 0.3) is 0 Å². The maximum absolute atomic E-state index is 6.40. The van der Waals surface area contributed by atoms with Crippen molar-refractivity contribution >= 4 is 0 Å². The van der Waals surface area contributed by atoms with Crippen molar-refractivity contribution in [2.75, 3.05) is 0 Å². The summed E-state index contributed by atoms with van der Waals surface area (Å²) in [5.74, 6) is 2.61. The van der Waals surface area contributed by atoms with Gasteiger partial charge in [0, 0.05) is 5.56 Å². The van der Waals surface area contributed by atoms with Crippen LogP contribution in [0.15, 0.2) is 34.7 Å². The zero-order valence-corrected chi connectivity index (χ0v) is 13.1. The lowest BCUT2D eigenvalue weighted by atomic mass is 9.83. The van der Waals surface area contributed by atoms with Crippen molar-refractivity contribution in [3.63, 3.8) is 0 Å². The summed E-state index contributed by atoms with van der Waals surface area (Å²) in [5.41, 5.74) is 10.1. The summed E-state index contributed by atoms with van der Waals surface area (Å²) in [4.78, 5) is 0. The van der Waals surface area contributed by atoms with E-state index >= 15 is 0 Å². The molecule has 2 N–H and O–H groups in total. The Kier molecular flexibility index (Phi) is 4.16. The summed E-state index contributed by atoms with van der Waals surface area (Å²) in [5, 5.41) is 0. The van der Waals surface area contributed by atoms with E-state index in [4.69, 9.17) is 10.2 Å². The maximum atomic E-state index is 6.40. The molecule has 2 aromatic rings. The van der Waals surface area contributed by atoms with Gasteiger partial charge in [-0.2, -0.15) is 0 Å². The van der Waals surface area contributed by atoms with Gasteiger partial charge in [0.25, 0.3) is 0 Å². The van der Waals surface area contributed by atoms with Gasteiger partial charge in [0.05, 0.1) is 6.04 Å². The third-order valence-corrected chi connectivity index (χ3v) is 4.79. The van der Waals surface area contributed by atoms with Gasteiger partial charge >= 0.3 is 0 Å². The molecule has 1 heterocycles. The lowest BCUT2D eigenvalue weighted by Crippen LogP contribution is -2.12. The van der Waals surface area contributed by atoms with E-state index in [1.54, 1.807) is 0 Å². The van der Waals surface area contributed by atoms with Gasteiger partial charge in [-0.1, -0.05) is 43.5 Å². The van der Waals surface area contributed by atoms with Crippen molar-refractivity contribution in [3.05, 3.63) is 58.5 Å². The molecule has 1 fully saturated rings. The maximum Gasteiger partial charge on any atom is 0.106 e. The highest BCUT2D eigenvalue weighted by Crippen LogP contribution is 2.33. The highest BCUT2D eigenvalue weighted by atomic mass is 16.3. The topological polar surface area (TPSA) is 39.2 Å².